The molecule has 2 aromatic carbocycles. The van der Waals surface area contributed by atoms with E-state index in [9.17, 15) is 19.2 Å². The molecule has 2 atom stereocenters. The van der Waals surface area contributed by atoms with Crippen molar-refractivity contribution in [2.75, 3.05) is 40.9 Å². The Bertz CT molecular complexity index is 2060. The van der Waals surface area contributed by atoms with Crippen LogP contribution in [0.15, 0.2) is 53.8 Å². The van der Waals surface area contributed by atoms with E-state index in [1.807, 2.05) is 85.0 Å². The molecular formula is C41H56N10O6S. The number of carbonyl (C=O) groups excluding carboxylic acids is 4. The van der Waals surface area contributed by atoms with Gasteiger partial charge in [0.2, 0.25) is 11.8 Å². The number of nitrogens with one attached hydrogen (secondary N) is 4. The molecule has 2 unspecified atom stereocenters. The van der Waals surface area contributed by atoms with E-state index in [4.69, 9.17) is 9.47 Å². The van der Waals surface area contributed by atoms with Gasteiger partial charge in [0.05, 0.1) is 62.8 Å². The van der Waals surface area contributed by atoms with Gasteiger partial charge < -0.3 is 40.2 Å². The van der Waals surface area contributed by atoms with Crippen molar-refractivity contribution in [1.29, 1.82) is 0 Å². The summed E-state index contributed by atoms with van der Waals surface area (Å²) in [6.45, 7) is 13.0. The summed E-state index contributed by atoms with van der Waals surface area (Å²) in [5.74, 6) is -0.0311. The molecule has 0 spiro atoms. The van der Waals surface area contributed by atoms with Crippen LogP contribution >= 0.6 is 11.7 Å². The number of imidazole rings is 1. The number of hydrogen-bond acceptors (Lipinski definition) is 12. The van der Waals surface area contributed by atoms with E-state index < -0.39 is 24.3 Å². The van der Waals surface area contributed by atoms with Crippen LogP contribution in [0.4, 0.5) is 9.59 Å². The molecule has 0 aliphatic heterocycles. The Balaban J connectivity index is 1.50. The molecule has 17 heteroatoms. The number of carbonyl (C=O) groups is 4. The number of alkyl carbamates (subject to hydrolysis) is 2. The monoisotopic (exact) mass is 816 g/mol. The summed E-state index contributed by atoms with van der Waals surface area (Å²) in [4.78, 5) is 66.5. The van der Waals surface area contributed by atoms with Gasteiger partial charge in [-0.3, -0.25) is 14.6 Å². The molecule has 16 nitrogen and oxygen atoms in total. The van der Waals surface area contributed by atoms with Crippen LogP contribution in [0.1, 0.15) is 65.8 Å². The fourth-order valence-electron chi connectivity index (χ4n) is 6.35. The highest BCUT2D eigenvalue weighted by atomic mass is 32.1. The van der Waals surface area contributed by atoms with E-state index in [2.05, 4.69) is 39.7 Å². The average molecular weight is 817 g/mol. The summed E-state index contributed by atoms with van der Waals surface area (Å²) >= 11 is 1.13. The maximum absolute atomic E-state index is 13.5. The summed E-state index contributed by atoms with van der Waals surface area (Å²) in [5.41, 5.74) is 6.64. The lowest BCUT2D eigenvalue weighted by Crippen LogP contribution is -2.51. The van der Waals surface area contributed by atoms with Gasteiger partial charge in [0.1, 0.15) is 28.9 Å². The largest absolute Gasteiger partial charge is 0.453 e. The predicted octanol–water partition coefficient (Wildman–Crippen LogP) is 6.08. The third-order valence-electron chi connectivity index (χ3n) is 9.46. The Morgan fingerprint density at radius 2 is 1.40 bits per heavy atom. The number of nitrogens with zero attached hydrogens (tertiary/aromatic N) is 6. The summed E-state index contributed by atoms with van der Waals surface area (Å²) in [6, 6.07) is 10.6. The van der Waals surface area contributed by atoms with Crippen molar-refractivity contribution in [3.8, 4) is 22.4 Å². The zero-order chi connectivity index (χ0) is 42.4. The zero-order valence-electron chi connectivity index (χ0n) is 34.8. The van der Waals surface area contributed by atoms with Gasteiger partial charge in [-0.2, -0.15) is 8.75 Å². The predicted molar refractivity (Wildman–Crippen MR) is 227 cm³/mol. The summed E-state index contributed by atoms with van der Waals surface area (Å²) in [5, 5.41) is 8.54. The van der Waals surface area contributed by atoms with E-state index in [0.29, 0.717) is 18.9 Å². The van der Waals surface area contributed by atoms with Gasteiger partial charge in [0.25, 0.3) is 0 Å². The zero-order valence-corrected chi connectivity index (χ0v) is 35.6. The van der Waals surface area contributed by atoms with Gasteiger partial charge in [-0.25, -0.2) is 14.6 Å². The molecule has 2 heterocycles. The van der Waals surface area contributed by atoms with Crippen molar-refractivity contribution in [3.63, 3.8) is 0 Å². The van der Waals surface area contributed by atoms with Crippen LogP contribution < -0.4 is 16.0 Å². The van der Waals surface area contributed by atoms with Crippen molar-refractivity contribution < 1.29 is 28.7 Å². The smallest absolute Gasteiger partial charge is 0.407 e. The Hall–Kier alpha value is -5.84. The molecular weight excluding hydrogens is 761 g/mol. The lowest BCUT2D eigenvalue weighted by atomic mass is 9.99. The standard InChI is InChI=1S/C41H56N10O6S/c1-10-19-50(38(52)34(25(3)4)46-40(54)56-8)21-18-43-22-32(42-7)30-17-16-29(36-37(30)49-58-48-36)27-12-14-28(15-13-27)31-23-44-33(45-31)24-51(20-11-2)39(53)35(26(5)6)47-41(55)57-9/h12-18,22-23,25-26,34-35,42H,10-11,19-21,24H2,1-9H3,(H,44,45)(H,46,54)(H,47,55)/b32-22-,43-18?. The normalized spacial score (nSPS) is 12.8. The summed E-state index contributed by atoms with van der Waals surface area (Å²) < 4.78 is 18.8. The highest BCUT2D eigenvalue weighted by molar-refractivity contribution is 7.00. The minimum absolute atomic E-state index is 0.131. The number of rotatable bonds is 19. The summed E-state index contributed by atoms with van der Waals surface area (Å²) in [7, 11) is 4.35. The first-order valence-electron chi connectivity index (χ1n) is 19.4. The third kappa shape index (κ3) is 11.4. The molecule has 0 saturated heterocycles. The molecule has 2 aromatic heterocycles. The Kier molecular flexibility index (Phi) is 16.7. The number of H-pyrrole nitrogens is 1. The molecule has 4 N–H and O–H groups in total. The number of benzene rings is 2. The number of aromatic nitrogens is 4. The number of fused-ring (bicyclic) bond motifs is 1. The minimum Gasteiger partial charge on any atom is -0.453 e. The second-order valence-electron chi connectivity index (χ2n) is 14.3. The first-order chi connectivity index (χ1) is 27.9. The van der Waals surface area contributed by atoms with Gasteiger partial charge in [0, 0.05) is 37.5 Å². The Morgan fingerprint density at radius 1 is 0.828 bits per heavy atom. The quantitative estimate of drug-likeness (QED) is 0.0806. The van der Waals surface area contributed by atoms with Crippen LogP contribution in [0.2, 0.25) is 0 Å². The van der Waals surface area contributed by atoms with E-state index >= 15 is 0 Å². The molecule has 58 heavy (non-hydrogen) atoms. The van der Waals surface area contributed by atoms with E-state index in [-0.39, 0.29) is 36.7 Å². The highest BCUT2D eigenvalue weighted by Crippen LogP contribution is 2.33. The minimum atomic E-state index is -0.725. The van der Waals surface area contributed by atoms with Gasteiger partial charge in [-0.05, 0) is 41.9 Å². The Labute approximate surface area is 344 Å². The average Bonchev–Trinajstić information content (AvgIpc) is 3.91. The molecule has 312 valence electrons. The lowest BCUT2D eigenvalue weighted by molar-refractivity contribution is -0.135. The number of amides is 4. The van der Waals surface area contributed by atoms with E-state index in [0.717, 1.165) is 69.2 Å². The van der Waals surface area contributed by atoms with Crippen molar-refractivity contribution in [1.82, 2.24) is 44.5 Å². The number of hydrogen-bond donors (Lipinski definition) is 4. The van der Waals surface area contributed by atoms with Crippen molar-refractivity contribution >= 4 is 58.7 Å². The lowest BCUT2D eigenvalue weighted by Gasteiger charge is -2.28. The van der Waals surface area contributed by atoms with Crippen molar-refractivity contribution in [2.45, 2.75) is 73.0 Å². The maximum Gasteiger partial charge on any atom is 0.407 e. The van der Waals surface area contributed by atoms with Gasteiger partial charge in [-0.15, -0.1) is 0 Å². The van der Waals surface area contributed by atoms with Crippen LogP contribution in [0.5, 0.6) is 0 Å². The number of aromatic amines is 1. The molecule has 4 aromatic rings. The van der Waals surface area contributed by atoms with Gasteiger partial charge in [-0.1, -0.05) is 71.9 Å². The van der Waals surface area contributed by atoms with E-state index in [1.165, 1.54) is 14.2 Å². The molecule has 4 amide bonds. The van der Waals surface area contributed by atoms with Gasteiger partial charge >= 0.3 is 12.2 Å². The fourth-order valence-corrected chi connectivity index (χ4v) is 6.92. The third-order valence-corrected chi connectivity index (χ3v) is 9.98. The molecule has 0 fully saturated rings. The van der Waals surface area contributed by atoms with Crippen LogP contribution in [-0.2, 0) is 25.6 Å². The second kappa shape index (κ2) is 21.6. The second-order valence-corrected chi connectivity index (χ2v) is 14.9. The van der Waals surface area contributed by atoms with Crippen molar-refractivity contribution in [3.05, 3.63) is 60.2 Å². The summed E-state index contributed by atoms with van der Waals surface area (Å²) in [6.07, 6.45) is 5.31. The Morgan fingerprint density at radius 3 is 1.97 bits per heavy atom. The molecule has 4 rings (SSSR count). The maximum atomic E-state index is 13.5. The van der Waals surface area contributed by atoms with Crippen LogP contribution in [0.3, 0.4) is 0 Å². The number of ether oxygens (including phenoxy) is 2. The molecule has 0 bridgehead atoms. The molecule has 0 aliphatic rings. The highest BCUT2D eigenvalue weighted by Gasteiger charge is 2.30. The van der Waals surface area contributed by atoms with Gasteiger partial charge in [0.15, 0.2) is 0 Å². The molecule has 0 saturated carbocycles. The first-order valence-corrected chi connectivity index (χ1v) is 20.2. The van der Waals surface area contributed by atoms with E-state index in [1.54, 1.807) is 28.4 Å². The van der Waals surface area contributed by atoms with Crippen LogP contribution in [0, 0.1) is 11.8 Å². The fraction of sp³-hybridized carbons (Fsp3) is 0.463. The van der Waals surface area contributed by atoms with Crippen LogP contribution in [0.25, 0.3) is 39.1 Å². The van der Waals surface area contributed by atoms with Crippen molar-refractivity contribution in [2.24, 2.45) is 16.8 Å². The van der Waals surface area contributed by atoms with Crippen LogP contribution in [-0.4, -0.2) is 112 Å². The number of aliphatic imine (C=N–C) groups is 1. The first kappa shape index (κ1) is 44.9. The number of methoxy groups -OCH3 is 2. The topological polar surface area (TPSA) is 196 Å². The SMILES string of the molecule is CCCN(CC=N/C=C(\NC)c1ccc(-c2ccc(-c3cnc(CN(CCC)C(=O)C(NC(=O)OC)C(C)C)[nH]3)cc2)c2nsnc12)C(=O)C(NC(=O)OC)C(C)C. The molecule has 0 radical (unpaired) electrons. The molecule has 0 aliphatic carbocycles.